The van der Waals surface area contributed by atoms with E-state index in [1.807, 2.05) is 30.0 Å². The van der Waals surface area contributed by atoms with Crippen LogP contribution in [0, 0.1) is 11.3 Å². The molecule has 0 saturated carbocycles. The predicted molar refractivity (Wildman–Crippen MR) is 68.8 cm³/mol. The van der Waals surface area contributed by atoms with E-state index in [1.165, 1.54) is 4.91 Å². The molecule has 0 aromatic heterocycles. The largest absolute Gasteiger partial charge is 0.464 e. The molecule has 0 fully saturated rings. The fourth-order valence-corrected chi connectivity index (χ4v) is 3.21. The summed E-state index contributed by atoms with van der Waals surface area (Å²) in [7, 11) is 0. The minimum Gasteiger partial charge on any atom is -0.464 e. The van der Waals surface area contributed by atoms with Crippen LogP contribution < -0.4 is 0 Å². The number of nitriles is 1. The van der Waals surface area contributed by atoms with Gasteiger partial charge in [-0.2, -0.15) is 5.26 Å². The van der Waals surface area contributed by atoms with Crippen LogP contribution in [0.1, 0.15) is 12.8 Å². The fourth-order valence-electron chi connectivity index (χ4n) is 2.02. The first-order chi connectivity index (χ1) is 8.36. The topological polar surface area (TPSA) is 33.0 Å². The van der Waals surface area contributed by atoms with Crippen molar-refractivity contribution in [3.8, 4) is 6.07 Å². The molecule has 0 bridgehead atoms. The molecule has 0 amide bonds. The number of nitrogens with zero attached hydrogens (tertiary/aromatic N) is 1. The summed E-state index contributed by atoms with van der Waals surface area (Å²) in [4.78, 5) is 1.31. The zero-order valence-corrected chi connectivity index (χ0v) is 10.0. The van der Waals surface area contributed by atoms with E-state index < -0.39 is 0 Å². The van der Waals surface area contributed by atoms with Crippen LogP contribution in [-0.2, 0) is 4.74 Å². The minimum absolute atomic E-state index is 0.283. The molecule has 0 spiro atoms. The third-order valence-corrected chi connectivity index (χ3v) is 4.28. The Hall–Kier alpha value is -1.66. The van der Waals surface area contributed by atoms with Crippen molar-refractivity contribution >= 4 is 11.8 Å². The number of ether oxygens (including phenoxy) is 1. The maximum Gasteiger partial charge on any atom is 0.135 e. The number of fused-ring (bicyclic) bond motifs is 1. The first-order valence-corrected chi connectivity index (χ1v) is 6.48. The molecule has 1 unspecified atom stereocenters. The van der Waals surface area contributed by atoms with Crippen LogP contribution in [0.4, 0.5) is 0 Å². The van der Waals surface area contributed by atoms with Crippen LogP contribution in [0.15, 0.2) is 58.5 Å². The van der Waals surface area contributed by atoms with Gasteiger partial charge in [-0.05, 0) is 31.1 Å². The summed E-state index contributed by atoms with van der Waals surface area (Å²) >= 11 is 1.83. The van der Waals surface area contributed by atoms with Crippen molar-refractivity contribution in [2.24, 2.45) is 0 Å². The maximum absolute atomic E-state index is 8.89. The van der Waals surface area contributed by atoms with Gasteiger partial charge in [-0.15, -0.1) is 11.8 Å². The molecule has 0 N–H and O–H groups in total. The summed E-state index contributed by atoms with van der Waals surface area (Å²) in [6.45, 7) is 0. The van der Waals surface area contributed by atoms with Gasteiger partial charge < -0.3 is 4.74 Å². The van der Waals surface area contributed by atoms with Gasteiger partial charge in [0.05, 0.1) is 23.2 Å². The van der Waals surface area contributed by atoms with Crippen LogP contribution >= 0.6 is 11.8 Å². The second-order valence-electron chi connectivity index (χ2n) is 4.07. The maximum atomic E-state index is 8.89. The lowest BCUT2D eigenvalue weighted by Crippen LogP contribution is -2.05. The summed E-state index contributed by atoms with van der Waals surface area (Å²) in [6.07, 6.45) is 14.0. The van der Waals surface area contributed by atoms with Crippen molar-refractivity contribution in [2.45, 2.75) is 18.1 Å². The Morgan fingerprint density at radius 1 is 1.41 bits per heavy atom. The zero-order valence-electron chi connectivity index (χ0n) is 9.22. The lowest BCUT2D eigenvalue weighted by Gasteiger charge is -2.17. The molecular weight excluding hydrogens is 230 g/mol. The Morgan fingerprint density at radius 2 is 2.35 bits per heavy atom. The second kappa shape index (κ2) is 4.31. The number of hydrogen-bond acceptors (Lipinski definition) is 3. The van der Waals surface area contributed by atoms with Gasteiger partial charge in [0.15, 0.2) is 0 Å². The van der Waals surface area contributed by atoms with E-state index in [9.17, 15) is 0 Å². The van der Waals surface area contributed by atoms with Crippen LogP contribution in [0.25, 0.3) is 0 Å². The lowest BCUT2D eigenvalue weighted by molar-refractivity contribution is 0.360. The molecule has 3 heteroatoms. The first-order valence-electron chi connectivity index (χ1n) is 5.60. The van der Waals surface area contributed by atoms with Crippen LogP contribution in [0.2, 0.25) is 0 Å². The molecule has 3 rings (SSSR count). The molecule has 84 valence electrons. The second-order valence-corrected chi connectivity index (χ2v) is 5.31. The monoisotopic (exact) mass is 241 g/mol. The van der Waals surface area contributed by atoms with E-state index in [0.717, 1.165) is 24.2 Å². The van der Waals surface area contributed by atoms with Crippen molar-refractivity contribution in [1.29, 1.82) is 5.26 Å². The highest BCUT2D eigenvalue weighted by Crippen LogP contribution is 2.40. The molecule has 17 heavy (non-hydrogen) atoms. The van der Waals surface area contributed by atoms with Gasteiger partial charge in [-0.3, -0.25) is 0 Å². The van der Waals surface area contributed by atoms with Gasteiger partial charge in [0, 0.05) is 10.5 Å². The molecular formula is C14H11NOS. The summed E-state index contributed by atoms with van der Waals surface area (Å²) in [5.74, 6) is 0.962. The zero-order chi connectivity index (χ0) is 11.7. The number of allylic oxidation sites excluding steroid dienone is 6. The van der Waals surface area contributed by atoms with Gasteiger partial charge in [-0.25, -0.2) is 0 Å². The van der Waals surface area contributed by atoms with E-state index in [1.54, 1.807) is 6.26 Å². The van der Waals surface area contributed by atoms with Crippen LogP contribution in [0.3, 0.4) is 0 Å². The Morgan fingerprint density at radius 3 is 3.24 bits per heavy atom. The predicted octanol–water partition coefficient (Wildman–Crippen LogP) is 3.58. The third-order valence-electron chi connectivity index (χ3n) is 2.90. The molecule has 2 aliphatic carbocycles. The van der Waals surface area contributed by atoms with Gasteiger partial charge in [0.25, 0.3) is 0 Å². The molecule has 0 saturated heterocycles. The molecule has 1 atom stereocenters. The molecule has 0 aromatic rings. The fraction of sp³-hybridized carbons (Fsp3) is 0.214. The third kappa shape index (κ3) is 1.96. The average Bonchev–Trinajstić information content (AvgIpc) is 2.57. The molecule has 0 radical (unpaired) electrons. The number of rotatable bonds is 0. The van der Waals surface area contributed by atoms with E-state index >= 15 is 0 Å². The molecule has 2 nitrogen and oxygen atoms in total. The number of hydrogen-bond donors (Lipinski definition) is 0. The van der Waals surface area contributed by atoms with Crippen molar-refractivity contribution in [3.05, 3.63) is 58.5 Å². The van der Waals surface area contributed by atoms with E-state index in [0.29, 0.717) is 5.57 Å². The average molecular weight is 241 g/mol. The van der Waals surface area contributed by atoms with Gasteiger partial charge in [0.2, 0.25) is 0 Å². The smallest absolute Gasteiger partial charge is 0.135 e. The molecule has 1 aliphatic heterocycles. The lowest BCUT2D eigenvalue weighted by atomic mass is 10.0. The van der Waals surface area contributed by atoms with Gasteiger partial charge >= 0.3 is 0 Å². The molecule has 0 aromatic carbocycles. The van der Waals surface area contributed by atoms with Crippen molar-refractivity contribution in [2.75, 3.05) is 0 Å². The van der Waals surface area contributed by atoms with Crippen molar-refractivity contribution < 1.29 is 4.74 Å². The Labute approximate surface area is 105 Å². The van der Waals surface area contributed by atoms with E-state index in [4.69, 9.17) is 10.00 Å². The minimum atomic E-state index is 0.283. The standard InChI is InChI=1S/C14H11NOS/c15-8-10-5-6-13-11(7-10)9-16-12-3-1-2-4-14(12)17-13/h1,3,5-7,9,13H,2,4H2. The molecule has 3 aliphatic rings. The normalized spacial score (nSPS) is 25.9. The Kier molecular flexibility index (Phi) is 2.66. The first kappa shape index (κ1) is 10.5. The SMILES string of the molecule is N#CC1=CC2=COC3=C(CCC=C3)SC2C=C1. The summed E-state index contributed by atoms with van der Waals surface area (Å²) < 4.78 is 5.69. The van der Waals surface area contributed by atoms with Crippen molar-refractivity contribution in [1.82, 2.24) is 0 Å². The molecule has 1 heterocycles. The summed E-state index contributed by atoms with van der Waals surface area (Å²) in [5, 5.41) is 9.18. The van der Waals surface area contributed by atoms with Gasteiger partial charge in [0.1, 0.15) is 5.76 Å². The summed E-state index contributed by atoms with van der Waals surface area (Å²) in [5.41, 5.74) is 1.75. The van der Waals surface area contributed by atoms with Gasteiger partial charge in [-0.1, -0.05) is 12.2 Å². The van der Waals surface area contributed by atoms with E-state index in [-0.39, 0.29) is 5.25 Å². The Bertz CT molecular complexity index is 543. The highest BCUT2D eigenvalue weighted by atomic mass is 32.2. The number of thioether (sulfide) groups is 1. The summed E-state index contributed by atoms with van der Waals surface area (Å²) in [6, 6.07) is 2.16. The Balaban J connectivity index is 1.94. The van der Waals surface area contributed by atoms with Crippen LogP contribution in [-0.4, -0.2) is 5.25 Å². The van der Waals surface area contributed by atoms with Crippen LogP contribution in [0.5, 0.6) is 0 Å². The highest BCUT2D eigenvalue weighted by molar-refractivity contribution is 8.04. The quantitative estimate of drug-likeness (QED) is 0.650. The van der Waals surface area contributed by atoms with E-state index in [2.05, 4.69) is 18.2 Å². The van der Waals surface area contributed by atoms with Crippen molar-refractivity contribution in [3.63, 3.8) is 0 Å². The highest BCUT2D eigenvalue weighted by Gasteiger charge is 2.23.